The Hall–Kier alpha value is -2.74. The number of benzene rings is 2. The minimum atomic E-state index is -4.42. The first-order chi connectivity index (χ1) is 14.1. The minimum Gasteiger partial charge on any atom is -0.482 e. The molecule has 1 N–H and O–H groups in total. The van der Waals surface area contributed by atoms with Crippen LogP contribution in [0.2, 0.25) is 5.02 Å². The van der Waals surface area contributed by atoms with Gasteiger partial charge in [-0.25, -0.2) is 0 Å². The molecule has 5 nitrogen and oxygen atoms in total. The molecule has 0 aromatic heterocycles. The molecule has 2 aromatic rings. The number of ether oxygens (including phenoxy) is 1. The van der Waals surface area contributed by atoms with Crippen molar-refractivity contribution in [2.75, 3.05) is 25.0 Å². The molecule has 0 unspecified atom stereocenters. The van der Waals surface area contributed by atoms with Gasteiger partial charge in [-0.15, -0.1) is 0 Å². The summed E-state index contributed by atoms with van der Waals surface area (Å²) in [5, 5.41) is 2.85. The zero-order valence-corrected chi connectivity index (χ0v) is 17.3. The third kappa shape index (κ3) is 6.66. The summed E-state index contributed by atoms with van der Waals surface area (Å²) in [6.45, 7) is 4.75. The van der Waals surface area contributed by atoms with E-state index in [0.717, 1.165) is 12.1 Å². The number of rotatable bonds is 8. The van der Waals surface area contributed by atoms with Crippen molar-refractivity contribution < 1.29 is 27.5 Å². The molecule has 0 aliphatic rings. The number of carbonyl (C=O) groups is 2. The SMILES string of the molecule is CCN(CC)C(=O)COc1ccc(NC(=O)Cc2ccc(C(F)(F)F)cc2)cc1Cl. The standard InChI is InChI=1S/C21H22ClF3N2O3/c1-3-27(4-2)20(29)13-30-18-10-9-16(12-17(18)22)26-19(28)11-14-5-7-15(8-6-14)21(23,24)25/h5-10,12H,3-4,11,13H2,1-2H3,(H,26,28). The van der Waals surface area contributed by atoms with Crippen LogP contribution in [0.5, 0.6) is 5.75 Å². The Balaban J connectivity index is 1.93. The van der Waals surface area contributed by atoms with Crippen LogP contribution in [0.3, 0.4) is 0 Å². The van der Waals surface area contributed by atoms with Gasteiger partial charge in [-0.3, -0.25) is 9.59 Å². The number of hydrogen-bond acceptors (Lipinski definition) is 3. The highest BCUT2D eigenvalue weighted by molar-refractivity contribution is 6.32. The third-order valence-electron chi connectivity index (χ3n) is 4.33. The van der Waals surface area contributed by atoms with Crippen molar-refractivity contribution in [2.24, 2.45) is 0 Å². The number of amides is 2. The molecule has 0 radical (unpaired) electrons. The van der Waals surface area contributed by atoms with Crippen LogP contribution in [0.4, 0.5) is 18.9 Å². The van der Waals surface area contributed by atoms with Gasteiger partial charge >= 0.3 is 6.18 Å². The van der Waals surface area contributed by atoms with Crippen LogP contribution in [0, 0.1) is 0 Å². The fraction of sp³-hybridized carbons (Fsp3) is 0.333. The van der Waals surface area contributed by atoms with E-state index in [1.165, 1.54) is 24.3 Å². The maximum Gasteiger partial charge on any atom is 0.416 e. The molecule has 0 bridgehead atoms. The topological polar surface area (TPSA) is 58.6 Å². The lowest BCUT2D eigenvalue weighted by molar-refractivity contribution is -0.137. The van der Waals surface area contributed by atoms with E-state index in [1.807, 2.05) is 13.8 Å². The number of anilines is 1. The highest BCUT2D eigenvalue weighted by atomic mass is 35.5. The van der Waals surface area contributed by atoms with Gasteiger partial charge in [-0.1, -0.05) is 23.7 Å². The molecular weight excluding hydrogens is 421 g/mol. The molecule has 162 valence electrons. The van der Waals surface area contributed by atoms with Crippen LogP contribution < -0.4 is 10.1 Å². The summed E-state index contributed by atoms with van der Waals surface area (Å²) in [6, 6.07) is 8.97. The smallest absolute Gasteiger partial charge is 0.416 e. The molecule has 0 saturated heterocycles. The highest BCUT2D eigenvalue weighted by Crippen LogP contribution is 2.30. The largest absolute Gasteiger partial charge is 0.482 e. The number of halogens is 4. The van der Waals surface area contributed by atoms with Crippen molar-refractivity contribution in [1.29, 1.82) is 0 Å². The van der Waals surface area contributed by atoms with Gasteiger partial charge in [0.25, 0.3) is 5.91 Å². The average Bonchev–Trinajstić information content (AvgIpc) is 2.68. The maximum absolute atomic E-state index is 12.6. The summed E-state index contributed by atoms with van der Waals surface area (Å²) < 4.78 is 43.2. The average molecular weight is 443 g/mol. The van der Waals surface area contributed by atoms with Gasteiger partial charge in [0, 0.05) is 18.8 Å². The molecule has 30 heavy (non-hydrogen) atoms. The summed E-state index contributed by atoms with van der Waals surface area (Å²) >= 11 is 6.16. The quantitative estimate of drug-likeness (QED) is 0.639. The lowest BCUT2D eigenvalue weighted by Crippen LogP contribution is -2.34. The van der Waals surface area contributed by atoms with Crippen LogP contribution in [0.25, 0.3) is 0 Å². The molecule has 0 atom stereocenters. The second-order valence-corrected chi connectivity index (χ2v) is 6.83. The van der Waals surface area contributed by atoms with E-state index >= 15 is 0 Å². The van der Waals surface area contributed by atoms with Gasteiger partial charge in [0.15, 0.2) is 6.61 Å². The molecule has 0 spiro atoms. The third-order valence-corrected chi connectivity index (χ3v) is 4.62. The molecule has 2 aromatic carbocycles. The van der Waals surface area contributed by atoms with Crippen molar-refractivity contribution in [3.63, 3.8) is 0 Å². The lowest BCUT2D eigenvalue weighted by Gasteiger charge is -2.19. The van der Waals surface area contributed by atoms with Gasteiger partial charge in [0.05, 0.1) is 17.0 Å². The van der Waals surface area contributed by atoms with Crippen LogP contribution in [0.1, 0.15) is 25.0 Å². The van der Waals surface area contributed by atoms with E-state index in [1.54, 1.807) is 11.0 Å². The van der Waals surface area contributed by atoms with Crippen molar-refractivity contribution in [3.05, 3.63) is 58.6 Å². The Labute approximate surface area is 177 Å². The molecule has 2 rings (SSSR count). The fourth-order valence-electron chi connectivity index (χ4n) is 2.70. The van der Waals surface area contributed by atoms with Gasteiger partial charge < -0.3 is 15.0 Å². The first-order valence-electron chi connectivity index (χ1n) is 9.30. The first-order valence-corrected chi connectivity index (χ1v) is 9.68. The van der Waals surface area contributed by atoms with Crippen LogP contribution in [0.15, 0.2) is 42.5 Å². The monoisotopic (exact) mass is 442 g/mol. The predicted octanol–water partition coefficient (Wildman–Crippen LogP) is 4.79. The Bertz CT molecular complexity index is 882. The second-order valence-electron chi connectivity index (χ2n) is 6.42. The second kappa shape index (κ2) is 10.3. The zero-order valence-electron chi connectivity index (χ0n) is 16.6. The molecule has 0 heterocycles. The first kappa shape index (κ1) is 23.5. The summed E-state index contributed by atoms with van der Waals surface area (Å²) in [4.78, 5) is 25.8. The van der Waals surface area contributed by atoms with E-state index in [4.69, 9.17) is 16.3 Å². The number of likely N-dealkylation sites (N-methyl/N-ethyl adjacent to an activating group) is 1. The summed E-state index contributed by atoms with van der Waals surface area (Å²) in [5.74, 6) is -0.265. The van der Waals surface area contributed by atoms with Gasteiger partial charge in [-0.2, -0.15) is 13.2 Å². The molecule has 2 amide bonds. The van der Waals surface area contributed by atoms with Crippen LogP contribution >= 0.6 is 11.6 Å². The number of nitrogens with one attached hydrogen (secondary N) is 1. The van der Waals surface area contributed by atoms with Crippen molar-refractivity contribution in [3.8, 4) is 5.75 Å². The Morgan fingerprint density at radius 1 is 1.07 bits per heavy atom. The minimum absolute atomic E-state index is 0.0909. The van der Waals surface area contributed by atoms with E-state index in [2.05, 4.69) is 5.32 Å². The molecule has 0 aliphatic carbocycles. The van der Waals surface area contributed by atoms with Crippen molar-refractivity contribution in [2.45, 2.75) is 26.4 Å². The Morgan fingerprint density at radius 2 is 1.70 bits per heavy atom. The number of hydrogen-bond donors (Lipinski definition) is 1. The fourth-order valence-corrected chi connectivity index (χ4v) is 2.94. The lowest BCUT2D eigenvalue weighted by atomic mass is 10.1. The summed E-state index contributed by atoms with van der Waals surface area (Å²) in [5.41, 5.74) is 0.0781. The van der Waals surface area contributed by atoms with Crippen LogP contribution in [-0.2, 0) is 22.2 Å². The Morgan fingerprint density at radius 3 is 2.23 bits per heavy atom. The molecule has 0 aliphatic heterocycles. The summed E-state index contributed by atoms with van der Waals surface area (Å²) in [7, 11) is 0. The molecule has 9 heteroatoms. The van der Waals surface area contributed by atoms with Crippen molar-refractivity contribution >= 4 is 29.1 Å². The number of nitrogens with zero attached hydrogens (tertiary/aromatic N) is 1. The molecule has 0 fully saturated rings. The van der Waals surface area contributed by atoms with Crippen molar-refractivity contribution in [1.82, 2.24) is 4.90 Å². The van der Waals surface area contributed by atoms with E-state index in [-0.39, 0.29) is 24.0 Å². The predicted molar refractivity (Wildman–Crippen MR) is 109 cm³/mol. The number of alkyl halides is 3. The molecule has 0 saturated carbocycles. The van der Waals surface area contributed by atoms with Gasteiger partial charge in [0.1, 0.15) is 5.75 Å². The maximum atomic E-state index is 12.6. The zero-order chi connectivity index (χ0) is 22.3. The Kier molecular flexibility index (Phi) is 8.11. The normalized spacial score (nSPS) is 11.1. The number of carbonyl (C=O) groups excluding carboxylic acids is 2. The molecular formula is C21H22ClF3N2O3. The van der Waals surface area contributed by atoms with E-state index in [9.17, 15) is 22.8 Å². The van der Waals surface area contributed by atoms with Crippen LogP contribution in [-0.4, -0.2) is 36.4 Å². The van der Waals surface area contributed by atoms with Gasteiger partial charge in [-0.05, 0) is 49.7 Å². The highest BCUT2D eigenvalue weighted by Gasteiger charge is 2.30. The van der Waals surface area contributed by atoms with Gasteiger partial charge in [0.2, 0.25) is 5.91 Å². The van der Waals surface area contributed by atoms with E-state index in [0.29, 0.717) is 30.1 Å². The van der Waals surface area contributed by atoms with E-state index < -0.39 is 17.6 Å². The summed E-state index contributed by atoms with van der Waals surface area (Å²) in [6.07, 6.45) is -4.51.